The summed E-state index contributed by atoms with van der Waals surface area (Å²) >= 11 is 0. The van der Waals surface area contributed by atoms with Gasteiger partial charge in [-0.2, -0.15) is 0 Å². The Morgan fingerprint density at radius 1 is 0.458 bits per heavy atom. The molecular weight excluding hydrogens is 325 g/mol. The van der Waals surface area contributed by atoms with Gasteiger partial charge in [0.05, 0.1) is 5.56 Å². The van der Waals surface area contributed by atoms with E-state index < -0.39 is 34.6 Å². The molecule has 0 amide bonds. The van der Waals surface area contributed by atoms with Gasteiger partial charge in [0.25, 0.3) is 0 Å². The molecule has 3 aromatic carbocycles. The van der Waals surface area contributed by atoms with Crippen LogP contribution in [0, 0.1) is 29.1 Å². The lowest BCUT2D eigenvalue weighted by Gasteiger charge is -2.09. The molecule has 0 aliphatic carbocycles. The van der Waals surface area contributed by atoms with Crippen molar-refractivity contribution in [1.82, 2.24) is 0 Å². The molecule has 0 aromatic heterocycles. The third kappa shape index (κ3) is 2.60. The van der Waals surface area contributed by atoms with Crippen LogP contribution in [0.25, 0.3) is 22.3 Å². The molecule has 0 heterocycles. The van der Waals surface area contributed by atoms with Crippen LogP contribution in [-0.4, -0.2) is 0 Å². The third-order valence-electron chi connectivity index (χ3n) is 3.63. The first-order valence-electron chi connectivity index (χ1n) is 6.88. The van der Waals surface area contributed by atoms with E-state index in [-0.39, 0.29) is 5.56 Å². The lowest BCUT2D eigenvalue weighted by atomic mass is 9.99. The highest BCUT2D eigenvalue weighted by Gasteiger charge is 2.26. The van der Waals surface area contributed by atoms with E-state index in [2.05, 4.69) is 0 Å². The first-order valence-corrected chi connectivity index (χ1v) is 6.88. The first-order chi connectivity index (χ1) is 11.4. The second-order valence-electron chi connectivity index (χ2n) is 5.14. The monoisotopic (exact) mass is 335 g/mol. The number of nitrogen functional groups attached to an aromatic ring is 1. The lowest BCUT2D eigenvalue weighted by molar-refractivity contribution is 0.381. The summed E-state index contributed by atoms with van der Waals surface area (Å²) in [5.74, 6) is -9.82. The Hall–Kier alpha value is -2.89. The first kappa shape index (κ1) is 16.0. The molecule has 0 bridgehead atoms. The molecule has 0 unspecified atom stereocenters. The average Bonchev–Trinajstić information content (AvgIpc) is 2.60. The molecule has 0 saturated heterocycles. The molecule has 0 fully saturated rings. The topological polar surface area (TPSA) is 26.0 Å². The molecule has 0 spiro atoms. The van der Waals surface area contributed by atoms with Crippen LogP contribution in [0.1, 0.15) is 0 Å². The molecule has 6 heteroatoms. The van der Waals surface area contributed by atoms with E-state index in [1.54, 1.807) is 24.3 Å². The molecule has 0 atom stereocenters. The minimum Gasteiger partial charge on any atom is -0.399 e. The number of hydrogen-bond donors (Lipinski definition) is 1. The minimum absolute atomic E-state index is 0.109. The van der Waals surface area contributed by atoms with Crippen LogP contribution in [0.5, 0.6) is 0 Å². The zero-order chi connectivity index (χ0) is 17.4. The summed E-state index contributed by atoms with van der Waals surface area (Å²) in [5.41, 5.74) is 6.63. The summed E-state index contributed by atoms with van der Waals surface area (Å²) in [6.45, 7) is 0. The van der Waals surface area contributed by atoms with Gasteiger partial charge < -0.3 is 5.73 Å². The van der Waals surface area contributed by atoms with E-state index in [9.17, 15) is 22.0 Å². The Kier molecular flexibility index (Phi) is 3.97. The molecule has 1 nitrogen and oxygen atoms in total. The zero-order valence-corrected chi connectivity index (χ0v) is 12.1. The van der Waals surface area contributed by atoms with Crippen LogP contribution in [0.4, 0.5) is 27.6 Å². The fourth-order valence-corrected chi connectivity index (χ4v) is 2.36. The van der Waals surface area contributed by atoms with Crippen molar-refractivity contribution in [2.45, 2.75) is 0 Å². The average molecular weight is 335 g/mol. The van der Waals surface area contributed by atoms with E-state index in [1.807, 2.05) is 0 Å². The van der Waals surface area contributed by atoms with Gasteiger partial charge in [0, 0.05) is 5.69 Å². The van der Waals surface area contributed by atoms with Crippen molar-refractivity contribution < 1.29 is 22.0 Å². The Morgan fingerprint density at radius 3 is 1.25 bits per heavy atom. The van der Waals surface area contributed by atoms with E-state index in [4.69, 9.17) is 5.73 Å². The largest absolute Gasteiger partial charge is 0.399 e. The maximum absolute atomic E-state index is 13.8. The van der Waals surface area contributed by atoms with Gasteiger partial charge in [-0.15, -0.1) is 0 Å². The van der Waals surface area contributed by atoms with Crippen LogP contribution < -0.4 is 5.73 Å². The number of anilines is 1. The van der Waals surface area contributed by atoms with E-state index >= 15 is 0 Å². The minimum atomic E-state index is -2.17. The number of nitrogens with two attached hydrogens (primary N) is 1. The van der Waals surface area contributed by atoms with E-state index in [0.717, 1.165) is 5.56 Å². The molecule has 24 heavy (non-hydrogen) atoms. The highest BCUT2D eigenvalue weighted by molar-refractivity contribution is 5.72. The fraction of sp³-hybridized carbons (Fsp3) is 0. The van der Waals surface area contributed by atoms with Gasteiger partial charge in [0.1, 0.15) is 0 Å². The fourth-order valence-electron chi connectivity index (χ4n) is 2.36. The van der Waals surface area contributed by atoms with Crippen LogP contribution in [-0.2, 0) is 0 Å². The van der Waals surface area contributed by atoms with Gasteiger partial charge in [-0.05, 0) is 28.8 Å². The Balaban J connectivity index is 2.08. The van der Waals surface area contributed by atoms with Crippen LogP contribution in [0.2, 0.25) is 0 Å². The molecule has 0 radical (unpaired) electrons. The molecule has 122 valence electrons. The quantitative estimate of drug-likeness (QED) is 0.292. The molecular formula is C18H10F5N. The van der Waals surface area contributed by atoms with E-state index in [0.29, 0.717) is 11.3 Å². The van der Waals surface area contributed by atoms with Gasteiger partial charge in [-0.25, -0.2) is 22.0 Å². The molecule has 3 rings (SSSR count). The van der Waals surface area contributed by atoms with Gasteiger partial charge in [0.15, 0.2) is 23.3 Å². The maximum atomic E-state index is 13.8. The van der Waals surface area contributed by atoms with Crippen LogP contribution >= 0.6 is 0 Å². The summed E-state index contributed by atoms with van der Waals surface area (Å²) < 4.78 is 67.3. The summed E-state index contributed by atoms with van der Waals surface area (Å²) in [4.78, 5) is 0. The van der Waals surface area contributed by atoms with Crippen molar-refractivity contribution in [3.63, 3.8) is 0 Å². The SMILES string of the molecule is Nc1ccc(-c2ccc(-c3c(F)c(F)c(F)c(F)c3F)cc2)cc1. The van der Waals surface area contributed by atoms with Crippen molar-refractivity contribution >= 4 is 5.69 Å². The summed E-state index contributed by atoms with van der Waals surface area (Å²) in [6, 6.07) is 12.5. The number of rotatable bonds is 2. The van der Waals surface area contributed by atoms with Crippen LogP contribution in [0.15, 0.2) is 48.5 Å². The predicted molar refractivity (Wildman–Crippen MR) is 81.5 cm³/mol. The molecule has 2 N–H and O–H groups in total. The van der Waals surface area contributed by atoms with E-state index in [1.165, 1.54) is 24.3 Å². The standard InChI is InChI=1S/C18H10F5N/c19-14-13(15(20)17(22)18(23)16(14)21)11-3-1-9(2-4-11)10-5-7-12(24)8-6-10/h1-8H,24H2. The second kappa shape index (κ2) is 5.96. The molecule has 0 aliphatic rings. The second-order valence-corrected chi connectivity index (χ2v) is 5.14. The predicted octanol–water partition coefficient (Wildman–Crippen LogP) is 5.30. The lowest BCUT2D eigenvalue weighted by Crippen LogP contribution is -2.03. The van der Waals surface area contributed by atoms with Crippen molar-refractivity contribution in [2.24, 2.45) is 0 Å². The molecule has 3 aromatic rings. The number of hydrogen-bond acceptors (Lipinski definition) is 1. The highest BCUT2D eigenvalue weighted by atomic mass is 19.2. The van der Waals surface area contributed by atoms with Crippen molar-refractivity contribution in [1.29, 1.82) is 0 Å². The Labute approximate surface area is 134 Å². The molecule has 0 saturated carbocycles. The summed E-state index contributed by atoms with van der Waals surface area (Å²) in [7, 11) is 0. The van der Waals surface area contributed by atoms with Crippen molar-refractivity contribution in [3.8, 4) is 22.3 Å². The Morgan fingerprint density at radius 2 is 0.792 bits per heavy atom. The van der Waals surface area contributed by atoms with Gasteiger partial charge >= 0.3 is 0 Å². The van der Waals surface area contributed by atoms with Gasteiger partial charge in [0.2, 0.25) is 5.82 Å². The van der Waals surface area contributed by atoms with Crippen molar-refractivity contribution in [2.75, 3.05) is 5.73 Å². The van der Waals surface area contributed by atoms with Gasteiger partial charge in [-0.3, -0.25) is 0 Å². The smallest absolute Gasteiger partial charge is 0.200 e. The summed E-state index contributed by atoms with van der Waals surface area (Å²) in [6.07, 6.45) is 0. The molecule has 0 aliphatic heterocycles. The Bertz CT molecular complexity index is 873. The van der Waals surface area contributed by atoms with Gasteiger partial charge in [-0.1, -0.05) is 36.4 Å². The highest BCUT2D eigenvalue weighted by Crippen LogP contribution is 2.32. The maximum Gasteiger partial charge on any atom is 0.200 e. The summed E-state index contributed by atoms with van der Waals surface area (Å²) in [5, 5.41) is 0. The van der Waals surface area contributed by atoms with Crippen molar-refractivity contribution in [3.05, 3.63) is 77.6 Å². The number of halogens is 5. The van der Waals surface area contributed by atoms with Crippen LogP contribution in [0.3, 0.4) is 0 Å². The third-order valence-corrected chi connectivity index (χ3v) is 3.63. The normalized spacial score (nSPS) is 10.9. The zero-order valence-electron chi connectivity index (χ0n) is 12.1. The number of benzene rings is 3.